The fourth-order valence-electron chi connectivity index (χ4n) is 6.01. The molecule has 4 atom stereocenters. The molecule has 2 aromatic rings. The number of amides is 2. The van der Waals surface area contributed by atoms with E-state index in [0.29, 0.717) is 37.1 Å². The largest absolute Gasteiger partial charge is 0.496 e. The second-order valence-corrected chi connectivity index (χ2v) is 10.6. The highest BCUT2D eigenvalue weighted by molar-refractivity contribution is 5.99. The monoisotopic (exact) mass is 556 g/mol. The molecule has 0 radical (unpaired) electrons. The standard InChI is InChI=1S/C30H37FN2O7/c1-17-8-11-22-24(33(17)30(37)40-4)12-9-19(14-18-6-5-7-20(15-18)29(36)39-3)26(22)32-28(35)27(34)23-16-21(31)10-13-25(23)38-2/h9-10,12-13,16-18,20,27,34H,5-8,11,14-15H2,1-4H3,(H,32,35)/t17-,18-,20+,27+/m0/s1. The molecule has 216 valence electrons. The maximum absolute atomic E-state index is 14.0. The van der Waals surface area contributed by atoms with Gasteiger partial charge in [0.1, 0.15) is 11.6 Å². The predicted octanol–water partition coefficient (Wildman–Crippen LogP) is 4.94. The Morgan fingerprint density at radius 3 is 2.58 bits per heavy atom. The number of esters is 1. The lowest BCUT2D eigenvalue weighted by molar-refractivity contribution is -0.147. The summed E-state index contributed by atoms with van der Waals surface area (Å²) in [5.41, 5.74) is 2.73. The number of methoxy groups -OCH3 is 3. The average molecular weight is 557 g/mol. The van der Waals surface area contributed by atoms with Crippen LogP contribution in [0, 0.1) is 17.7 Å². The van der Waals surface area contributed by atoms with Gasteiger partial charge < -0.3 is 24.6 Å². The van der Waals surface area contributed by atoms with Crippen molar-refractivity contribution in [1.29, 1.82) is 0 Å². The number of anilines is 2. The lowest BCUT2D eigenvalue weighted by Gasteiger charge is -2.36. The molecule has 0 aromatic heterocycles. The molecule has 2 amide bonds. The molecule has 2 aliphatic rings. The fourth-order valence-corrected chi connectivity index (χ4v) is 6.01. The highest BCUT2D eigenvalue weighted by Gasteiger charge is 2.34. The van der Waals surface area contributed by atoms with E-state index in [1.807, 2.05) is 19.1 Å². The molecule has 4 rings (SSSR count). The third-order valence-electron chi connectivity index (χ3n) is 8.07. The first-order valence-corrected chi connectivity index (χ1v) is 13.6. The van der Waals surface area contributed by atoms with Gasteiger partial charge in [-0.1, -0.05) is 18.9 Å². The molecule has 0 unspecified atom stereocenters. The summed E-state index contributed by atoms with van der Waals surface area (Å²) in [6, 6.07) is 7.23. The molecule has 2 N–H and O–H groups in total. The molecule has 1 saturated carbocycles. The summed E-state index contributed by atoms with van der Waals surface area (Å²) in [6.07, 6.45) is 2.88. The summed E-state index contributed by atoms with van der Waals surface area (Å²) < 4.78 is 29.3. The first-order chi connectivity index (χ1) is 19.2. The number of benzene rings is 2. The number of carbonyl (C=O) groups excluding carboxylic acids is 3. The van der Waals surface area contributed by atoms with Crippen LogP contribution in [0.4, 0.5) is 20.6 Å². The number of nitrogens with one attached hydrogen (secondary N) is 1. The van der Waals surface area contributed by atoms with E-state index in [1.165, 1.54) is 33.5 Å². The van der Waals surface area contributed by atoms with Crippen LogP contribution in [0.3, 0.4) is 0 Å². The number of aliphatic hydroxyl groups is 1. The molecular formula is C30H37FN2O7. The number of rotatable bonds is 7. The summed E-state index contributed by atoms with van der Waals surface area (Å²) in [6.45, 7) is 1.93. The van der Waals surface area contributed by atoms with Gasteiger partial charge in [-0.15, -0.1) is 0 Å². The second kappa shape index (κ2) is 12.7. The molecule has 40 heavy (non-hydrogen) atoms. The van der Waals surface area contributed by atoms with E-state index in [1.54, 1.807) is 4.90 Å². The molecule has 2 aromatic carbocycles. The Labute approximate surface area is 233 Å². The number of halogens is 1. The Kier molecular flexibility index (Phi) is 9.29. The first-order valence-electron chi connectivity index (χ1n) is 13.6. The van der Waals surface area contributed by atoms with E-state index in [9.17, 15) is 23.9 Å². The average Bonchev–Trinajstić information content (AvgIpc) is 2.96. The van der Waals surface area contributed by atoms with Crippen molar-refractivity contribution in [3.05, 3.63) is 52.8 Å². The number of carbonyl (C=O) groups is 3. The SMILES string of the molecule is COC(=O)[C@@H]1CCC[C@@H](Cc2ccc3c(c2NC(=O)[C@H](O)c2cc(F)ccc2OC)CC[C@H](C)N3C(=O)OC)C1. The van der Waals surface area contributed by atoms with Gasteiger partial charge in [0, 0.05) is 17.3 Å². The molecule has 10 heteroatoms. The summed E-state index contributed by atoms with van der Waals surface area (Å²) in [7, 11) is 4.10. The van der Waals surface area contributed by atoms with Gasteiger partial charge in [-0.3, -0.25) is 14.5 Å². The van der Waals surface area contributed by atoms with Gasteiger partial charge in [0.05, 0.1) is 32.9 Å². The zero-order valence-electron chi connectivity index (χ0n) is 23.4. The van der Waals surface area contributed by atoms with Crippen molar-refractivity contribution in [3.8, 4) is 5.75 Å². The smallest absolute Gasteiger partial charge is 0.414 e. The molecule has 1 heterocycles. The summed E-state index contributed by atoms with van der Waals surface area (Å²) in [4.78, 5) is 39.9. The maximum atomic E-state index is 14.0. The Bertz CT molecular complexity index is 1270. The zero-order chi connectivity index (χ0) is 29.0. The van der Waals surface area contributed by atoms with Crippen LogP contribution in [0.5, 0.6) is 5.75 Å². The van der Waals surface area contributed by atoms with Crippen LogP contribution in [-0.2, 0) is 31.9 Å². The Morgan fingerprint density at radius 2 is 1.88 bits per heavy atom. The highest BCUT2D eigenvalue weighted by atomic mass is 19.1. The summed E-state index contributed by atoms with van der Waals surface area (Å²) >= 11 is 0. The van der Waals surface area contributed by atoms with Crippen molar-refractivity contribution in [2.45, 2.75) is 64.0 Å². The molecule has 0 spiro atoms. The van der Waals surface area contributed by atoms with Gasteiger partial charge >= 0.3 is 12.1 Å². The molecule has 9 nitrogen and oxygen atoms in total. The van der Waals surface area contributed by atoms with Crippen molar-refractivity contribution in [1.82, 2.24) is 0 Å². The van der Waals surface area contributed by atoms with E-state index in [0.717, 1.165) is 36.5 Å². The van der Waals surface area contributed by atoms with Gasteiger partial charge in [-0.05, 0) is 80.3 Å². The molecule has 1 fully saturated rings. The molecule has 0 bridgehead atoms. The van der Waals surface area contributed by atoms with Crippen LogP contribution in [0.1, 0.15) is 61.8 Å². The third kappa shape index (κ3) is 6.06. The number of fused-ring (bicyclic) bond motifs is 1. The highest BCUT2D eigenvalue weighted by Crippen LogP contribution is 2.41. The van der Waals surface area contributed by atoms with Crippen LogP contribution < -0.4 is 15.0 Å². The van der Waals surface area contributed by atoms with Crippen molar-refractivity contribution < 1.29 is 38.1 Å². The van der Waals surface area contributed by atoms with Gasteiger partial charge in [0.25, 0.3) is 5.91 Å². The molecule has 1 aliphatic heterocycles. The fraction of sp³-hybridized carbons (Fsp3) is 0.500. The van der Waals surface area contributed by atoms with E-state index in [-0.39, 0.29) is 35.2 Å². The lowest BCUT2D eigenvalue weighted by atomic mass is 9.78. The third-order valence-corrected chi connectivity index (χ3v) is 8.07. The predicted molar refractivity (Wildman–Crippen MR) is 147 cm³/mol. The van der Waals surface area contributed by atoms with Gasteiger partial charge in [-0.25, -0.2) is 9.18 Å². The van der Waals surface area contributed by atoms with Crippen LogP contribution in [-0.4, -0.2) is 50.4 Å². The van der Waals surface area contributed by atoms with E-state index < -0.39 is 23.9 Å². The minimum atomic E-state index is -1.70. The normalized spacial score (nSPS) is 21.1. The van der Waals surface area contributed by atoms with Crippen LogP contribution in [0.2, 0.25) is 0 Å². The number of nitrogens with zero attached hydrogens (tertiary/aromatic N) is 1. The summed E-state index contributed by atoms with van der Waals surface area (Å²) in [5, 5.41) is 13.8. The lowest BCUT2D eigenvalue weighted by Crippen LogP contribution is -2.42. The van der Waals surface area contributed by atoms with Crippen molar-refractivity contribution >= 4 is 29.3 Å². The molecule has 1 aliphatic carbocycles. The van der Waals surface area contributed by atoms with Gasteiger partial charge in [0.15, 0.2) is 6.10 Å². The second-order valence-electron chi connectivity index (χ2n) is 10.6. The molecular weight excluding hydrogens is 519 g/mol. The minimum Gasteiger partial charge on any atom is -0.496 e. The topological polar surface area (TPSA) is 114 Å². The maximum Gasteiger partial charge on any atom is 0.414 e. The Hall–Kier alpha value is -3.66. The number of hydrogen-bond donors (Lipinski definition) is 2. The number of ether oxygens (including phenoxy) is 3. The van der Waals surface area contributed by atoms with E-state index in [2.05, 4.69) is 5.32 Å². The van der Waals surface area contributed by atoms with Crippen molar-refractivity contribution in [3.63, 3.8) is 0 Å². The van der Waals surface area contributed by atoms with Crippen LogP contribution in [0.15, 0.2) is 30.3 Å². The van der Waals surface area contributed by atoms with Gasteiger partial charge in [-0.2, -0.15) is 0 Å². The summed E-state index contributed by atoms with van der Waals surface area (Å²) in [5.74, 6) is -1.38. The van der Waals surface area contributed by atoms with Crippen molar-refractivity contribution in [2.75, 3.05) is 31.5 Å². The number of aliphatic hydroxyl groups excluding tert-OH is 1. The minimum absolute atomic E-state index is 0.00404. The zero-order valence-corrected chi connectivity index (χ0v) is 23.4. The van der Waals surface area contributed by atoms with E-state index in [4.69, 9.17) is 14.2 Å². The Balaban J connectivity index is 1.71. The quantitative estimate of drug-likeness (QED) is 0.465. The Morgan fingerprint density at radius 1 is 1.10 bits per heavy atom. The molecule has 0 saturated heterocycles. The van der Waals surface area contributed by atoms with E-state index >= 15 is 0 Å². The van der Waals surface area contributed by atoms with Crippen LogP contribution >= 0.6 is 0 Å². The van der Waals surface area contributed by atoms with Gasteiger partial charge in [0.2, 0.25) is 0 Å². The van der Waals surface area contributed by atoms with Crippen molar-refractivity contribution in [2.24, 2.45) is 11.8 Å². The van der Waals surface area contributed by atoms with Crippen LogP contribution in [0.25, 0.3) is 0 Å². The number of hydrogen-bond acceptors (Lipinski definition) is 7. The first kappa shape index (κ1) is 29.3.